The number of anilines is 1. The molecule has 3 N–H and O–H groups in total. The number of amides is 1. The van der Waals surface area contributed by atoms with Crippen LogP contribution in [-0.4, -0.2) is 59.6 Å². The molecule has 1 amide bonds. The number of rotatable bonds is 6. The van der Waals surface area contributed by atoms with Gasteiger partial charge >= 0.3 is 0 Å². The van der Waals surface area contributed by atoms with Crippen molar-refractivity contribution in [1.29, 1.82) is 0 Å². The number of piperidine rings is 1. The molecule has 7 nitrogen and oxygen atoms in total. The van der Waals surface area contributed by atoms with E-state index in [0.717, 1.165) is 51.2 Å². The topological polar surface area (TPSA) is 84.9 Å². The molecule has 0 spiro atoms. The van der Waals surface area contributed by atoms with Crippen molar-refractivity contribution in [2.24, 2.45) is 0 Å². The molecule has 1 aliphatic rings. The maximum absolute atomic E-state index is 12.8. The van der Waals surface area contributed by atoms with E-state index in [2.05, 4.69) is 15.2 Å². The van der Waals surface area contributed by atoms with E-state index >= 15 is 0 Å². The number of carbonyl (C=O) groups excluding carboxylic acids is 1. The van der Waals surface area contributed by atoms with Crippen molar-refractivity contribution >= 4 is 29.0 Å². The molecule has 2 aromatic rings. The Morgan fingerprint density at radius 3 is 2.88 bits per heavy atom. The van der Waals surface area contributed by atoms with E-state index in [4.69, 9.17) is 22.1 Å². The van der Waals surface area contributed by atoms with Crippen molar-refractivity contribution in [3.8, 4) is 0 Å². The van der Waals surface area contributed by atoms with Gasteiger partial charge in [-0.15, -0.1) is 0 Å². The average Bonchev–Trinajstić information content (AvgIpc) is 3.01. The van der Waals surface area contributed by atoms with Crippen LogP contribution in [0.5, 0.6) is 0 Å². The molecule has 0 atom stereocenters. The van der Waals surface area contributed by atoms with Gasteiger partial charge in [-0.2, -0.15) is 0 Å². The second kappa shape index (κ2) is 8.24. The zero-order chi connectivity index (χ0) is 18.7. The number of nitrogens with two attached hydrogens (primary N) is 1. The van der Waals surface area contributed by atoms with Gasteiger partial charge in [-0.3, -0.25) is 9.20 Å². The van der Waals surface area contributed by atoms with Gasteiger partial charge in [-0.1, -0.05) is 11.6 Å². The predicted octanol–water partition coefficient (Wildman–Crippen LogP) is 2.11. The Labute approximate surface area is 158 Å². The zero-order valence-corrected chi connectivity index (χ0v) is 16.1. The van der Waals surface area contributed by atoms with E-state index in [1.807, 2.05) is 6.92 Å². The fourth-order valence-corrected chi connectivity index (χ4v) is 3.62. The molecule has 0 saturated carbocycles. The Bertz CT molecular complexity index is 783. The lowest BCUT2D eigenvalue weighted by Gasteiger charge is -2.32. The van der Waals surface area contributed by atoms with Crippen LogP contribution in [0.1, 0.15) is 35.3 Å². The maximum Gasteiger partial charge on any atom is 0.255 e. The molecule has 0 unspecified atom stereocenters. The highest BCUT2D eigenvalue weighted by Gasteiger charge is 2.23. The molecular formula is C18H26ClN5O2. The van der Waals surface area contributed by atoms with Gasteiger partial charge in [-0.25, -0.2) is 4.98 Å². The number of fused-ring (bicyclic) bond motifs is 1. The molecule has 3 rings (SSSR count). The number of hydrogen-bond acceptors (Lipinski definition) is 5. The third-order valence-corrected chi connectivity index (χ3v) is 5.14. The summed E-state index contributed by atoms with van der Waals surface area (Å²) in [6.07, 6.45) is 4.69. The van der Waals surface area contributed by atoms with Crippen LogP contribution in [0.4, 0.5) is 5.82 Å². The Hall–Kier alpha value is -1.83. The second-order valence-corrected chi connectivity index (χ2v) is 7.21. The van der Waals surface area contributed by atoms with Gasteiger partial charge in [0.1, 0.15) is 5.82 Å². The van der Waals surface area contributed by atoms with E-state index < -0.39 is 0 Å². The lowest BCUT2D eigenvalue weighted by Crippen LogP contribution is -2.45. The van der Waals surface area contributed by atoms with Crippen LogP contribution in [0.25, 0.3) is 5.65 Å². The number of halogens is 1. The Morgan fingerprint density at radius 1 is 1.46 bits per heavy atom. The Morgan fingerprint density at radius 2 is 2.19 bits per heavy atom. The molecule has 1 aliphatic heterocycles. The van der Waals surface area contributed by atoms with E-state index in [0.29, 0.717) is 22.1 Å². The summed E-state index contributed by atoms with van der Waals surface area (Å²) in [4.78, 5) is 19.6. The number of nitrogens with zero attached hydrogens (tertiary/aromatic N) is 3. The van der Waals surface area contributed by atoms with Crippen LogP contribution in [0.15, 0.2) is 12.3 Å². The minimum Gasteiger partial charge on any atom is -0.385 e. The van der Waals surface area contributed by atoms with Crippen molar-refractivity contribution in [2.45, 2.75) is 32.2 Å². The molecule has 142 valence electrons. The lowest BCUT2D eigenvalue weighted by atomic mass is 10.0. The van der Waals surface area contributed by atoms with Crippen LogP contribution < -0.4 is 11.1 Å². The van der Waals surface area contributed by atoms with Crippen molar-refractivity contribution in [1.82, 2.24) is 19.6 Å². The molecule has 2 aromatic heterocycles. The van der Waals surface area contributed by atoms with Gasteiger partial charge in [0.15, 0.2) is 5.65 Å². The Kier molecular flexibility index (Phi) is 6.01. The van der Waals surface area contributed by atoms with Gasteiger partial charge in [0.05, 0.1) is 16.3 Å². The van der Waals surface area contributed by atoms with Gasteiger partial charge in [0.25, 0.3) is 5.91 Å². The molecule has 8 heteroatoms. The molecule has 26 heavy (non-hydrogen) atoms. The third-order valence-electron chi connectivity index (χ3n) is 4.83. The SMILES string of the molecule is COCCCN1CCC(NC(=O)c2cc(Cl)c(N)n3cc(C)nc23)CC1. The van der Waals surface area contributed by atoms with Gasteiger partial charge < -0.3 is 20.7 Å². The number of imidazole rings is 1. The molecule has 0 aliphatic carbocycles. The van der Waals surface area contributed by atoms with Crippen LogP contribution in [0.2, 0.25) is 5.02 Å². The molecule has 1 saturated heterocycles. The van der Waals surface area contributed by atoms with Gasteiger partial charge in [-0.05, 0) is 32.3 Å². The first-order chi connectivity index (χ1) is 12.5. The van der Waals surface area contributed by atoms with Crippen molar-refractivity contribution < 1.29 is 9.53 Å². The largest absolute Gasteiger partial charge is 0.385 e. The predicted molar refractivity (Wildman–Crippen MR) is 103 cm³/mol. The first-order valence-electron chi connectivity index (χ1n) is 8.95. The summed E-state index contributed by atoms with van der Waals surface area (Å²) in [5.74, 6) is 0.239. The third kappa shape index (κ3) is 4.11. The minimum absolute atomic E-state index is 0.152. The highest BCUT2D eigenvalue weighted by molar-refractivity contribution is 6.33. The normalized spacial score (nSPS) is 16.3. The van der Waals surface area contributed by atoms with Crippen molar-refractivity contribution in [3.63, 3.8) is 0 Å². The summed E-state index contributed by atoms with van der Waals surface area (Å²) in [6, 6.07) is 1.77. The molecule has 1 fully saturated rings. The van der Waals surface area contributed by atoms with Crippen LogP contribution in [0, 0.1) is 6.92 Å². The van der Waals surface area contributed by atoms with Crippen LogP contribution in [0.3, 0.4) is 0 Å². The fraction of sp³-hybridized carbons (Fsp3) is 0.556. The summed E-state index contributed by atoms with van der Waals surface area (Å²) < 4.78 is 6.77. The summed E-state index contributed by atoms with van der Waals surface area (Å²) in [5, 5.41) is 3.48. The average molecular weight is 380 g/mol. The maximum atomic E-state index is 12.8. The number of pyridine rings is 1. The summed E-state index contributed by atoms with van der Waals surface area (Å²) in [6.45, 7) is 5.65. The number of carbonyl (C=O) groups is 1. The summed E-state index contributed by atoms with van der Waals surface area (Å²) in [7, 11) is 1.73. The lowest BCUT2D eigenvalue weighted by molar-refractivity contribution is 0.0908. The first kappa shape index (κ1) is 18.9. The van der Waals surface area contributed by atoms with Gasteiger partial charge in [0.2, 0.25) is 0 Å². The Balaban J connectivity index is 1.65. The van der Waals surface area contributed by atoms with Crippen molar-refractivity contribution in [3.05, 3.63) is 28.5 Å². The number of aryl methyl sites for hydroxylation is 1. The van der Waals surface area contributed by atoms with Crippen LogP contribution >= 0.6 is 11.6 Å². The van der Waals surface area contributed by atoms with E-state index in [-0.39, 0.29) is 11.9 Å². The molecule has 0 aromatic carbocycles. The monoisotopic (exact) mass is 379 g/mol. The number of aromatic nitrogens is 2. The first-order valence-corrected chi connectivity index (χ1v) is 9.33. The highest BCUT2D eigenvalue weighted by Crippen LogP contribution is 2.25. The highest BCUT2D eigenvalue weighted by atomic mass is 35.5. The summed E-state index contributed by atoms with van der Waals surface area (Å²) >= 11 is 6.20. The smallest absolute Gasteiger partial charge is 0.255 e. The van der Waals surface area contributed by atoms with E-state index in [1.165, 1.54) is 0 Å². The number of methoxy groups -OCH3 is 1. The molecule has 0 bridgehead atoms. The fourth-order valence-electron chi connectivity index (χ4n) is 3.42. The second-order valence-electron chi connectivity index (χ2n) is 6.80. The zero-order valence-electron chi connectivity index (χ0n) is 15.3. The molecule has 0 radical (unpaired) electrons. The number of nitrogens with one attached hydrogen (secondary N) is 1. The number of hydrogen-bond donors (Lipinski definition) is 2. The van der Waals surface area contributed by atoms with Crippen LogP contribution in [-0.2, 0) is 4.74 Å². The molecule has 3 heterocycles. The standard InChI is InChI=1S/C18H26ClN5O2/c1-12-11-24-16(20)15(19)10-14(17(24)21-12)18(25)22-13-4-7-23(8-5-13)6-3-9-26-2/h10-11,13H,3-9,20H2,1-2H3,(H,22,25). The summed E-state index contributed by atoms with van der Waals surface area (Å²) in [5.41, 5.74) is 7.78. The number of ether oxygens (including phenoxy) is 1. The minimum atomic E-state index is -0.152. The van der Waals surface area contributed by atoms with Gasteiger partial charge in [0, 0.05) is 45.6 Å². The van der Waals surface area contributed by atoms with E-state index in [9.17, 15) is 4.79 Å². The quantitative estimate of drug-likeness (QED) is 0.751. The molecular weight excluding hydrogens is 354 g/mol. The number of nitrogen functional groups attached to an aromatic ring is 1. The van der Waals surface area contributed by atoms with E-state index in [1.54, 1.807) is 23.8 Å². The number of likely N-dealkylation sites (tertiary alicyclic amines) is 1. The van der Waals surface area contributed by atoms with Crippen molar-refractivity contribution in [2.75, 3.05) is 39.1 Å².